The lowest BCUT2D eigenvalue weighted by Gasteiger charge is -2.20. The highest BCUT2D eigenvalue weighted by Crippen LogP contribution is 2.06. The van der Waals surface area contributed by atoms with E-state index in [0.717, 1.165) is 23.8 Å². The fourth-order valence-corrected chi connectivity index (χ4v) is 1.63. The average Bonchev–Trinajstić information content (AvgIpc) is 2.66. The van der Waals surface area contributed by atoms with Gasteiger partial charge in [-0.2, -0.15) is 4.68 Å². The minimum absolute atomic E-state index is 0.0816. The summed E-state index contributed by atoms with van der Waals surface area (Å²) in [5.41, 5.74) is 1.13. The summed E-state index contributed by atoms with van der Waals surface area (Å²) >= 11 is 0. The van der Waals surface area contributed by atoms with Gasteiger partial charge < -0.3 is 5.32 Å². The highest BCUT2D eigenvalue weighted by molar-refractivity contribution is 5.15. The van der Waals surface area contributed by atoms with E-state index in [9.17, 15) is 0 Å². The van der Waals surface area contributed by atoms with Crippen LogP contribution in [0.25, 0.3) is 5.95 Å². The molecule has 0 atom stereocenters. The van der Waals surface area contributed by atoms with Gasteiger partial charge in [0, 0.05) is 30.0 Å². The number of aryl methyl sites for hydroxylation is 2. The zero-order valence-electron chi connectivity index (χ0n) is 12.1. The summed E-state index contributed by atoms with van der Waals surface area (Å²) in [5, 5.41) is 7.66. The Hall–Kier alpha value is -1.82. The zero-order chi connectivity index (χ0) is 14.0. The molecule has 2 aromatic rings. The third-order valence-electron chi connectivity index (χ3n) is 2.58. The third-order valence-corrected chi connectivity index (χ3v) is 2.58. The molecule has 0 unspecified atom stereocenters. The first-order valence-electron chi connectivity index (χ1n) is 6.32. The van der Waals surface area contributed by atoms with E-state index in [1.807, 2.05) is 26.2 Å². The van der Waals surface area contributed by atoms with Crippen molar-refractivity contribution in [3.8, 4) is 5.95 Å². The second kappa shape index (κ2) is 5.05. The summed E-state index contributed by atoms with van der Waals surface area (Å²) < 4.78 is 1.65. The van der Waals surface area contributed by atoms with Crippen molar-refractivity contribution in [3.63, 3.8) is 0 Å². The van der Waals surface area contributed by atoms with Gasteiger partial charge in [0.1, 0.15) is 11.6 Å². The Kier molecular flexibility index (Phi) is 3.61. The lowest BCUT2D eigenvalue weighted by molar-refractivity contribution is 0.423. The summed E-state index contributed by atoms with van der Waals surface area (Å²) in [4.78, 5) is 12.9. The second-order valence-electron chi connectivity index (χ2n) is 5.61. The molecule has 2 rings (SSSR count). The molecule has 0 spiro atoms. The quantitative estimate of drug-likeness (QED) is 0.907. The first-order valence-corrected chi connectivity index (χ1v) is 6.32. The topological polar surface area (TPSA) is 68.5 Å². The number of nitrogens with zero attached hydrogens (tertiary/aromatic N) is 5. The van der Waals surface area contributed by atoms with Crippen LogP contribution in [0.1, 0.15) is 38.0 Å². The van der Waals surface area contributed by atoms with Crippen LogP contribution in [-0.2, 0) is 6.54 Å². The van der Waals surface area contributed by atoms with Crippen LogP contribution in [-0.4, -0.2) is 30.3 Å². The molecule has 0 aromatic carbocycles. The van der Waals surface area contributed by atoms with Crippen molar-refractivity contribution in [2.75, 3.05) is 0 Å². The normalized spacial score (nSPS) is 11.8. The van der Waals surface area contributed by atoms with Crippen molar-refractivity contribution >= 4 is 0 Å². The van der Waals surface area contributed by atoms with Crippen LogP contribution < -0.4 is 5.32 Å². The van der Waals surface area contributed by atoms with Crippen LogP contribution in [0.5, 0.6) is 0 Å². The molecule has 1 N–H and O–H groups in total. The molecule has 0 aliphatic carbocycles. The van der Waals surface area contributed by atoms with Crippen molar-refractivity contribution < 1.29 is 0 Å². The van der Waals surface area contributed by atoms with E-state index in [1.165, 1.54) is 0 Å². The summed E-state index contributed by atoms with van der Waals surface area (Å²) in [6.07, 6.45) is 3.63. The SMILES string of the molecule is Cc1nc(C)n(-c2ncc(CNC(C)(C)C)cn2)n1. The summed E-state index contributed by atoms with van der Waals surface area (Å²) in [5.74, 6) is 2.07. The maximum Gasteiger partial charge on any atom is 0.252 e. The van der Waals surface area contributed by atoms with Gasteiger partial charge >= 0.3 is 0 Å². The molecule has 2 heterocycles. The minimum atomic E-state index is 0.0816. The predicted octanol–water partition coefficient (Wildman–Crippen LogP) is 1.56. The van der Waals surface area contributed by atoms with Crippen LogP contribution in [0.4, 0.5) is 0 Å². The van der Waals surface area contributed by atoms with Gasteiger partial charge in [-0.05, 0) is 34.6 Å². The van der Waals surface area contributed by atoms with Gasteiger partial charge in [0.25, 0.3) is 5.95 Å². The lowest BCUT2D eigenvalue weighted by atomic mass is 10.1. The molecule has 6 heteroatoms. The Morgan fingerprint density at radius 1 is 1.16 bits per heavy atom. The van der Waals surface area contributed by atoms with Gasteiger partial charge in [0.05, 0.1) is 0 Å². The molecule has 0 saturated heterocycles. The van der Waals surface area contributed by atoms with E-state index in [-0.39, 0.29) is 5.54 Å². The smallest absolute Gasteiger partial charge is 0.252 e. The Labute approximate surface area is 113 Å². The molecule has 19 heavy (non-hydrogen) atoms. The first-order chi connectivity index (χ1) is 8.85. The van der Waals surface area contributed by atoms with Crippen LogP contribution >= 0.6 is 0 Å². The zero-order valence-corrected chi connectivity index (χ0v) is 12.1. The van der Waals surface area contributed by atoms with E-state index >= 15 is 0 Å². The molecular formula is C13H20N6. The number of hydrogen-bond donors (Lipinski definition) is 1. The fraction of sp³-hybridized carbons (Fsp3) is 0.538. The molecule has 0 amide bonds. The van der Waals surface area contributed by atoms with E-state index in [0.29, 0.717) is 5.95 Å². The largest absolute Gasteiger partial charge is 0.308 e. The van der Waals surface area contributed by atoms with Gasteiger partial charge in [-0.1, -0.05) is 0 Å². The van der Waals surface area contributed by atoms with Gasteiger partial charge in [-0.15, -0.1) is 5.10 Å². The van der Waals surface area contributed by atoms with Crippen LogP contribution in [0, 0.1) is 13.8 Å². The third kappa shape index (κ3) is 3.57. The Balaban J connectivity index is 2.12. The Morgan fingerprint density at radius 3 is 2.26 bits per heavy atom. The Morgan fingerprint density at radius 2 is 1.79 bits per heavy atom. The molecule has 0 aliphatic heterocycles. The number of aromatic nitrogens is 5. The van der Waals surface area contributed by atoms with Gasteiger partial charge in [-0.3, -0.25) is 0 Å². The molecule has 0 aliphatic rings. The molecule has 102 valence electrons. The van der Waals surface area contributed by atoms with Crippen molar-refractivity contribution in [2.45, 2.75) is 46.7 Å². The van der Waals surface area contributed by atoms with Gasteiger partial charge in [0.2, 0.25) is 0 Å². The van der Waals surface area contributed by atoms with Gasteiger partial charge in [0.15, 0.2) is 0 Å². The highest BCUT2D eigenvalue weighted by Gasteiger charge is 2.10. The maximum absolute atomic E-state index is 4.33. The molecule has 2 aromatic heterocycles. The monoisotopic (exact) mass is 260 g/mol. The van der Waals surface area contributed by atoms with E-state index in [4.69, 9.17) is 0 Å². The number of rotatable bonds is 3. The van der Waals surface area contributed by atoms with E-state index in [2.05, 4.69) is 46.1 Å². The van der Waals surface area contributed by atoms with Crippen molar-refractivity contribution in [3.05, 3.63) is 29.6 Å². The molecule has 0 bridgehead atoms. The summed E-state index contributed by atoms with van der Waals surface area (Å²) in [6, 6.07) is 0. The van der Waals surface area contributed by atoms with Crippen LogP contribution in [0.15, 0.2) is 12.4 Å². The minimum Gasteiger partial charge on any atom is -0.308 e. The summed E-state index contributed by atoms with van der Waals surface area (Å²) in [6.45, 7) is 10.9. The van der Waals surface area contributed by atoms with Gasteiger partial charge in [-0.25, -0.2) is 15.0 Å². The average molecular weight is 260 g/mol. The Bertz CT molecular complexity index is 550. The number of nitrogens with one attached hydrogen (secondary N) is 1. The highest BCUT2D eigenvalue weighted by atomic mass is 15.4. The standard InChI is InChI=1S/C13H20N6/c1-9-17-10(2)19(18-9)12-14-6-11(7-15-12)8-16-13(3,4)5/h6-7,16H,8H2,1-5H3. The molecule has 0 radical (unpaired) electrons. The summed E-state index contributed by atoms with van der Waals surface area (Å²) in [7, 11) is 0. The van der Waals surface area contributed by atoms with Crippen molar-refractivity contribution in [1.82, 2.24) is 30.0 Å². The fourth-order valence-electron chi connectivity index (χ4n) is 1.63. The van der Waals surface area contributed by atoms with E-state index in [1.54, 1.807) is 4.68 Å². The molecule has 0 fully saturated rings. The van der Waals surface area contributed by atoms with Crippen LogP contribution in [0.3, 0.4) is 0 Å². The number of hydrogen-bond acceptors (Lipinski definition) is 5. The van der Waals surface area contributed by atoms with Crippen molar-refractivity contribution in [1.29, 1.82) is 0 Å². The molecule has 6 nitrogen and oxygen atoms in total. The second-order valence-corrected chi connectivity index (χ2v) is 5.61. The predicted molar refractivity (Wildman–Crippen MR) is 73.0 cm³/mol. The van der Waals surface area contributed by atoms with Crippen molar-refractivity contribution in [2.24, 2.45) is 0 Å². The molecule has 0 saturated carbocycles. The lowest BCUT2D eigenvalue weighted by Crippen LogP contribution is -2.35. The molecular weight excluding hydrogens is 240 g/mol. The van der Waals surface area contributed by atoms with Crippen LogP contribution in [0.2, 0.25) is 0 Å². The first kappa shape index (κ1) is 13.6. The van der Waals surface area contributed by atoms with E-state index < -0.39 is 0 Å². The maximum atomic E-state index is 4.33.